The number of nitrogens with one attached hydrogen (secondary N) is 2. The van der Waals surface area contributed by atoms with Crippen molar-refractivity contribution in [2.24, 2.45) is 0 Å². The van der Waals surface area contributed by atoms with Gasteiger partial charge < -0.3 is 20.4 Å². The fourth-order valence-corrected chi connectivity index (χ4v) is 4.22. The maximum Gasteiger partial charge on any atom is 0.260 e. The third-order valence-corrected chi connectivity index (χ3v) is 6.19. The van der Waals surface area contributed by atoms with E-state index in [9.17, 15) is 4.79 Å². The summed E-state index contributed by atoms with van der Waals surface area (Å²) < 4.78 is 1.59. The van der Waals surface area contributed by atoms with E-state index in [0.29, 0.717) is 34.1 Å². The minimum Gasteiger partial charge on any atom is -0.382 e. The Balaban J connectivity index is 1.38. The van der Waals surface area contributed by atoms with Crippen LogP contribution in [0.2, 0.25) is 0 Å². The predicted molar refractivity (Wildman–Crippen MR) is 142 cm³/mol. The van der Waals surface area contributed by atoms with Gasteiger partial charge in [0, 0.05) is 56.1 Å². The number of amides is 1. The van der Waals surface area contributed by atoms with Crippen LogP contribution in [-0.2, 0) is 0 Å². The summed E-state index contributed by atoms with van der Waals surface area (Å²) in [4.78, 5) is 31.1. The van der Waals surface area contributed by atoms with Gasteiger partial charge in [-0.05, 0) is 39.1 Å². The normalized spacial score (nSPS) is 14.1. The van der Waals surface area contributed by atoms with E-state index < -0.39 is 0 Å². The summed E-state index contributed by atoms with van der Waals surface area (Å²) in [5, 5.41) is 20.5. The molecular formula is C26H28N10O. The molecule has 1 amide bonds. The van der Waals surface area contributed by atoms with Crippen molar-refractivity contribution in [3.63, 3.8) is 0 Å². The summed E-state index contributed by atoms with van der Waals surface area (Å²) in [6.45, 7) is 7.92. The Morgan fingerprint density at radius 1 is 1.03 bits per heavy atom. The van der Waals surface area contributed by atoms with Gasteiger partial charge in [-0.25, -0.2) is 15.0 Å². The SMILES string of the molecule is CC(C)Nc1cc(-n2ncc3cc(C#N)cnc32)ncc1C(=O)Nc1ccc(N2CCN(C)CC2)cn1. The molecule has 0 unspecified atom stereocenters. The number of nitriles is 1. The largest absolute Gasteiger partial charge is 0.382 e. The average Bonchev–Trinajstić information content (AvgIpc) is 3.32. The second-order valence-electron chi connectivity index (χ2n) is 9.34. The molecule has 0 atom stereocenters. The molecule has 11 heteroatoms. The van der Waals surface area contributed by atoms with Crippen LogP contribution < -0.4 is 15.5 Å². The number of nitrogens with zero attached hydrogens (tertiary/aromatic N) is 8. The summed E-state index contributed by atoms with van der Waals surface area (Å²) in [7, 11) is 2.12. The van der Waals surface area contributed by atoms with E-state index in [1.807, 2.05) is 26.0 Å². The minimum atomic E-state index is -0.316. The highest BCUT2D eigenvalue weighted by atomic mass is 16.1. The van der Waals surface area contributed by atoms with Crippen molar-refractivity contribution < 1.29 is 4.79 Å². The highest BCUT2D eigenvalue weighted by molar-refractivity contribution is 6.07. The van der Waals surface area contributed by atoms with Crippen LogP contribution in [0.1, 0.15) is 29.8 Å². The molecule has 5 rings (SSSR count). The number of hydrogen-bond donors (Lipinski definition) is 2. The van der Waals surface area contributed by atoms with E-state index in [1.54, 1.807) is 29.2 Å². The van der Waals surface area contributed by atoms with Gasteiger partial charge in [-0.15, -0.1) is 0 Å². The van der Waals surface area contributed by atoms with Crippen molar-refractivity contribution in [3.05, 3.63) is 60.2 Å². The zero-order chi connectivity index (χ0) is 25.9. The maximum atomic E-state index is 13.2. The molecule has 0 spiro atoms. The lowest BCUT2D eigenvalue weighted by Crippen LogP contribution is -2.44. The monoisotopic (exact) mass is 496 g/mol. The van der Waals surface area contributed by atoms with Gasteiger partial charge >= 0.3 is 0 Å². The average molecular weight is 497 g/mol. The van der Waals surface area contributed by atoms with E-state index in [0.717, 1.165) is 37.3 Å². The Morgan fingerprint density at radius 3 is 2.54 bits per heavy atom. The van der Waals surface area contributed by atoms with Gasteiger partial charge in [0.2, 0.25) is 0 Å². The van der Waals surface area contributed by atoms with E-state index in [1.165, 1.54) is 12.4 Å². The Labute approximate surface area is 214 Å². The van der Waals surface area contributed by atoms with Gasteiger partial charge in [-0.1, -0.05) is 0 Å². The predicted octanol–water partition coefficient (Wildman–Crippen LogP) is 2.91. The first-order valence-corrected chi connectivity index (χ1v) is 12.1. The molecule has 11 nitrogen and oxygen atoms in total. The molecule has 2 N–H and O–H groups in total. The molecule has 0 aromatic carbocycles. The van der Waals surface area contributed by atoms with Crippen LogP contribution in [0.3, 0.4) is 0 Å². The minimum absolute atomic E-state index is 0.0773. The van der Waals surface area contributed by atoms with Gasteiger partial charge in [0.15, 0.2) is 11.5 Å². The molecule has 1 aliphatic heterocycles. The van der Waals surface area contributed by atoms with Crippen LogP contribution in [0.5, 0.6) is 0 Å². The number of anilines is 3. The molecule has 37 heavy (non-hydrogen) atoms. The quantitative estimate of drug-likeness (QED) is 0.414. The van der Waals surface area contributed by atoms with Crippen LogP contribution in [-0.4, -0.2) is 74.8 Å². The molecule has 0 aliphatic carbocycles. The Hall–Kier alpha value is -4.56. The second kappa shape index (κ2) is 10.2. The van der Waals surface area contributed by atoms with Crippen LogP contribution in [0.25, 0.3) is 16.9 Å². The molecule has 188 valence electrons. The molecule has 1 saturated heterocycles. The summed E-state index contributed by atoms with van der Waals surface area (Å²) in [5.74, 6) is 0.656. The second-order valence-corrected chi connectivity index (χ2v) is 9.34. The Morgan fingerprint density at radius 2 is 1.84 bits per heavy atom. The summed E-state index contributed by atoms with van der Waals surface area (Å²) in [6.07, 6.45) is 6.45. The van der Waals surface area contributed by atoms with Gasteiger partial charge in [-0.2, -0.15) is 15.0 Å². The Kier molecular flexibility index (Phi) is 6.66. The van der Waals surface area contributed by atoms with Crippen molar-refractivity contribution in [2.45, 2.75) is 19.9 Å². The molecular weight excluding hydrogens is 468 g/mol. The van der Waals surface area contributed by atoms with Crippen molar-refractivity contribution in [1.29, 1.82) is 5.26 Å². The van der Waals surface area contributed by atoms with Crippen LogP contribution in [0.15, 0.2) is 49.1 Å². The fourth-order valence-electron chi connectivity index (χ4n) is 4.22. The van der Waals surface area contributed by atoms with Crippen LogP contribution in [0, 0.1) is 11.3 Å². The lowest BCUT2D eigenvalue weighted by atomic mass is 10.2. The first-order valence-electron chi connectivity index (χ1n) is 12.1. The van der Waals surface area contributed by atoms with E-state index >= 15 is 0 Å². The number of likely N-dealkylation sites (N-methyl/N-ethyl adjacent to an activating group) is 1. The molecule has 1 fully saturated rings. The molecule has 0 bridgehead atoms. The van der Waals surface area contributed by atoms with Gasteiger partial charge in [0.1, 0.15) is 11.9 Å². The summed E-state index contributed by atoms with van der Waals surface area (Å²) in [5.41, 5.74) is 3.08. The van der Waals surface area contributed by atoms with Crippen LogP contribution in [0.4, 0.5) is 17.2 Å². The molecule has 0 saturated carbocycles. The number of aromatic nitrogens is 5. The van der Waals surface area contributed by atoms with Crippen molar-refractivity contribution in [1.82, 2.24) is 29.6 Å². The number of fused-ring (bicyclic) bond motifs is 1. The third kappa shape index (κ3) is 5.19. The fraction of sp³-hybridized carbons (Fsp3) is 0.308. The van der Waals surface area contributed by atoms with Crippen molar-refractivity contribution >= 4 is 34.1 Å². The lowest BCUT2D eigenvalue weighted by molar-refractivity contribution is 0.102. The van der Waals surface area contributed by atoms with Crippen LogP contribution >= 0.6 is 0 Å². The van der Waals surface area contributed by atoms with E-state index in [-0.39, 0.29) is 11.9 Å². The van der Waals surface area contributed by atoms with E-state index in [4.69, 9.17) is 5.26 Å². The number of carbonyl (C=O) groups excluding carboxylic acids is 1. The van der Waals surface area contributed by atoms with Crippen molar-refractivity contribution in [3.8, 4) is 11.9 Å². The molecule has 4 aromatic heterocycles. The van der Waals surface area contributed by atoms with Gasteiger partial charge in [0.25, 0.3) is 5.91 Å². The number of hydrogen-bond acceptors (Lipinski definition) is 9. The molecule has 0 radical (unpaired) electrons. The topological polar surface area (TPSA) is 128 Å². The zero-order valence-electron chi connectivity index (χ0n) is 21.0. The third-order valence-electron chi connectivity index (χ3n) is 6.19. The lowest BCUT2D eigenvalue weighted by Gasteiger charge is -2.33. The smallest absolute Gasteiger partial charge is 0.260 e. The van der Waals surface area contributed by atoms with Gasteiger partial charge in [-0.3, -0.25) is 4.79 Å². The van der Waals surface area contributed by atoms with Crippen molar-refractivity contribution in [2.75, 3.05) is 48.8 Å². The standard InChI is InChI=1S/C26H28N10O/c1-17(2)32-22-11-24(36-25-19(14-31-36)10-18(12-27)13-30-25)29-16-21(22)26(37)33-23-5-4-20(15-28-23)35-8-6-34(3)7-9-35/h4-5,10-11,13-17H,6-9H2,1-3H3,(H,29,32)(H,28,33,37). The summed E-state index contributed by atoms with van der Waals surface area (Å²) >= 11 is 0. The molecule has 4 aromatic rings. The number of rotatable bonds is 6. The maximum absolute atomic E-state index is 13.2. The molecule has 1 aliphatic rings. The molecule has 5 heterocycles. The number of piperazine rings is 1. The summed E-state index contributed by atoms with van der Waals surface area (Å²) in [6, 6.07) is 9.45. The first-order chi connectivity index (χ1) is 17.9. The first kappa shape index (κ1) is 24.1. The number of pyridine rings is 3. The Bertz CT molecular complexity index is 1460. The zero-order valence-corrected chi connectivity index (χ0v) is 21.0. The van der Waals surface area contributed by atoms with Gasteiger partial charge in [0.05, 0.1) is 34.9 Å². The number of carbonyl (C=O) groups is 1. The highest BCUT2D eigenvalue weighted by Crippen LogP contribution is 2.23. The van der Waals surface area contributed by atoms with E-state index in [2.05, 4.69) is 53.6 Å². The highest BCUT2D eigenvalue weighted by Gasteiger charge is 2.18.